The van der Waals surface area contributed by atoms with Gasteiger partial charge in [-0.3, -0.25) is 19.4 Å². The number of anilines is 1. The molecule has 2 fully saturated rings. The molecule has 12 heteroatoms. The second-order valence-corrected chi connectivity index (χ2v) is 15.0. The highest BCUT2D eigenvalue weighted by Gasteiger charge is 2.47. The molecule has 2 aromatic rings. The van der Waals surface area contributed by atoms with Crippen LogP contribution in [0.3, 0.4) is 0 Å². The first-order valence-electron chi connectivity index (χ1n) is 17.4. The van der Waals surface area contributed by atoms with Crippen LogP contribution < -0.4 is 16.0 Å². The molecule has 49 heavy (non-hydrogen) atoms. The lowest BCUT2D eigenvalue weighted by Gasteiger charge is -2.47. The van der Waals surface area contributed by atoms with Gasteiger partial charge in [-0.25, -0.2) is 9.18 Å². The van der Waals surface area contributed by atoms with Gasteiger partial charge in [0.25, 0.3) is 0 Å². The zero-order valence-electron chi connectivity index (χ0n) is 29.8. The zero-order chi connectivity index (χ0) is 35.5. The molecular weight excluding hydrogens is 627 g/mol. The number of amides is 3. The smallest absolute Gasteiger partial charge is 0.410 e. The van der Waals surface area contributed by atoms with E-state index in [1.54, 1.807) is 21.9 Å². The molecule has 3 amide bonds. The molecule has 0 aliphatic carbocycles. The van der Waals surface area contributed by atoms with Crippen LogP contribution in [0.1, 0.15) is 58.2 Å². The molecule has 0 saturated carbocycles. The van der Waals surface area contributed by atoms with Crippen molar-refractivity contribution < 1.29 is 28.2 Å². The van der Waals surface area contributed by atoms with E-state index in [0.29, 0.717) is 58.0 Å². The van der Waals surface area contributed by atoms with Crippen LogP contribution in [0.2, 0.25) is 0 Å². The second-order valence-electron chi connectivity index (χ2n) is 15.0. The third kappa shape index (κ3) is 8.60. The lowest BCUT2D eigenvalue weighted by Crippen LogP contribution is -2.64. The van der Waals surface area contributed by atoms with E-state index < -0.39 is 11.0 Å². The van der Waals surface area contributed by atoms with Crippen LogP contribution in [0.25, 0.3) is 0 Å². The van der Waals surface area contributed by atoms with Crippen LogP contribution in [0.4, 0.5) is 14.9 Å². The van der Waals surface area contributed by atoms with E-state index in [2.05, 4.69) is 22.0 Å². The maximum Gasteiger partial charge on any atom is 0.410 e. The van der Waals surface area contributed by atoms with Crippen molar-refractivity contribution >= 4 is 23.6 Å². The minimum atomic E-state index is -0.972. The summed E-state index contributed by atoms with van der Waals surface area (Å²) in [6.45, 7) is 16.2. The van der Waals surface area contributed by atoms with Gasteiger partial charge in [-0.2, -0.15) is 0 Å². The number of halogens is 1. The summed E-state index contributed by atoms with van der Waals surface area (Å²) >= 11 is 0. The van der Waals surface area contributed by atoms with Gasteiger partial charge >= 0.3 is 6.09 Å². The Morgan fingerprint density at radius 2 is 1.76 bits per heavy atom. The topological polar surface area (TPSA) is 121 Å². The summed E-state index contributed by atoms with van der Waals surface area (Å²) in [7, 11) is 0. The number of ether oxygens (including phenoxy) is 2. The molecule has 4 atom stereocenters. The van der Waals surface area contributed by atoms with Crippen molar-refractivity contribution in [3.8, 4) is 0 Å². The number of morpholine rings is 1. The van der Waals surface area contributed by atoms with Crippen LogP contribution in [0.15, 0.2) is 42.5 Å². The number of piperazine rings is 1. The molecule has 11 nitrogen and oxygen atoms in total. The quantitative estimate of drug-likeness (QED) is 0.415. The fraction of sp³-hybridized carbons (Fsp3) is 0.595. The zero-order valence-corrected chi connectivity index (χ0v) is 29.8. The number of carbonyl (C=O) groups excluding carboxylic acids is 3. The van der Waals surface area contributed by atoms with E-state index in [1.807, 2.05) is 52.8 Å². The minimum absolute atomic E-state index is 0.117. The second kappa shape index (κ2) is 15.1. The molecule has 3 N–H and O–H groups in total. The Hall–Kier alpha value is -3.58. The number of rotatable bonds is 9. The summed E-state index contributed by atoms with van der Waals surface area (Å²) in [5.41, 5.74) is 7.48. The summed E-state index contributed by atoms with van der Waals surface area (Å²) in [6.07, 6.45) is 0.197. The van der Waals surface area contributed by atoms with Crippen molar-refractivity contribution in [1.29, 1.82) is 0 Å². The molecular formula is C37H53FN6O5. The van der Waals surface area contributed by atoms with Crippen LogP contribution in [0, 0.1) is 5.82 Å². The molecule has 2 aromatic carbocycles. The molecule has 268 valence electrons. The summed E-state index contributed by atoms with van der Waals surface area (Å²) < 4.78 is 25.0. The molecule has 5 rings (SSSR count). The third-order valence-corrected chi connectivity index (χ3v) is 9.85. The van der Waals surface area contributed by atoms with Crippen molar-refractivity contribution in [2.24, 2.45) is 5.73 Å². The van der Waals surface area contributed by atoms with Gasteiger partial charge in [0, 0.05) is 69.6 Å². The van der Waals surface area contributed by atoms with Crippen LogP contribution in [-0.4, -0.2) is 122 Å². The van der Waals surface area contributed by atoms with E-state index in [9.17, 15) is 18.8 Å². The molecule has 3 aliphatic heterocycles. The fourth-order valence-corrected chi connectivity index (χ4v) is 7.11. The van der Waals surface area contributed by atoms with Crippen molar-refractivity contribution in [1.82, 2.24) is 20.0 Å². The highest BCUT2D eigenvalue weighted by atomic mass is 19.1. The number of nitrogens with zero attached hydrogens (tertiary/aromatic N) is 4. The van der Waals surface area contributed by atoms with Gasteiger partial charge in [-0.05, 0) is 82.9 Å². The van der Waals surface area contributed by atoms with E-state index in [1.165, 1.54) is 12.1 Å². The van der Waals surface area contributed by atoms with Crippen molar-refractivity contribution in [3.63, 3.8) is 0 Å². The van der Waals surface area contributed by atoms with Crippen molar-refractivity contribution in [2.75, 3.05) is 70.5 Å². The molecule has 0 bridgehead atoms. The summed E-state index contributed by atoms with van der Waals surface area (Å²) in [4.78, 5) is 49.4. The highest BCUT2D eigenvalue weighted by molar-refractivity contribution is 6.03. The van der Waals surface area contributed by atoms with Gasteiger partial charge in [-0.15, -0.1) is 0 Å². The Kier molecular flexibility index (Phi) is 11.3. The summed E-state index contributed by atoms with van der Waals surface area (Å²) in [5.74, 6) is -0.593. The average molecular weight is 681 g/mol. The highest BCUT2D eigenvalue weighted by Crippen LogP contribution is 2.42. The number of nitrogens with two attached hydrogens (primary N) is 1. The fourth-order valence-electron chi connectivity index (χ4n) is 7.11. The normalized spacial score (nSPS) is 24.9. The van der Waals surface area contributed by atoms with Gasteiger partial charge in [0.1, 0.15) is 11.4 Å². The predicted molar refractivity (Wildman–Crippen MR) is 187 cm³/mol. The van der Waals surface area contributed by atoms with Gasteiger partial charge in [0.15, 0.2) is 0 Å². The largest absolute Gasteiger partial charge is 0.444 e. The predicted octanol–water partition coefficient (Wildman–Crippen LogP) is 3.13. The number of hydrogen-bond donors (Lipinski definition) is 2. The minimum Gasteiger partial charge on any atom is -0.444 e. The SMILES string of the molecule is C[C@@H]1COCCN1C[C@H]1CN(C(=O)OC(C)(C)C)[C@H](C)CN1CC(=O)N1CC(C)(C(=O)NCCN)c2ccc(Cc3ccc(F)cc3)cc21. The Balaban J connectivity index is 1.42. The molecule has 0 radical (unpaired) electrons. The van der Waals surface area contributed by atoms with E-state index in [0.717, 1.165) is 23.2 Å². The maximum atomic E-state index is 14.5. The van der Waals surface area contributed by atoms with Gasteiger partial charge in [0.05, 0.1) is 25.2 Å². The van der Waals surface area contributed by atoms with Gasteiger partial charge < -0.3 is 30.3 Å². The summed E-state index contributed by atoms with van der Waals surface area (Å²) in [6, 6.07) is 12.2. The van der Waals surface area contributed by atoms with E-state index in [4.69, 9.17) is 15.2 Å². The molecule has 3 aliphatic rings. The van der Waals surface area contributed by atoms with Crippen LogP contribution >= 0.6 is 0 Å². The van der Waals surface area contributed by atoms with Crippen molar-refractivity contribution in [2.45, 2.75) is 77.1 Å². The maximum absolute atomic E-state index is 14.5. The molecule has 3 heterocycles. The van der Waals surface area contributed by atoms with E-state index in [-0.39, 0.29) is 54.9 Å². The number of benzene rings is 2. The number of nitrogens with one attached hydrogen (secondary N) is 1. The lowest BCUT2D eigenvalue weighted by molar-refractivity contribution is -0.126. The Morgan fingerprint density at radius 3 is 2.43 bits per heavy atom. The van der Waals surface area contributed by atoms with Gasteiger partial charge in [-0.1, -0.05) is 24.3 Å². The number of carbonyl (C=O) groups is 3. The molecule has 0 aromatic heterocycles. The Labute approximate surface area is 289 Å². The Morgan fingerprint density at radius 1 is 1.04 bits per heavy atom. The Bertz CT molecular complexity index is 1500. The lowest BCUT2D eigenvalue weighted by atomic mass is 9.83. The van der Waals surface area contributed by atoms with Gasteiger partial charge in [0.2, 0.25) is 11.8 Å². The summed E-state index contributed by atoms with van der Waals surface area (Å²) in [5, 5.41) is 2.94. The average Bonchev–Trinajstić information content (AvgIpc) is 3.35. The third-order valence-electron chi connectivity index (χ3n) is 9.85. The molecule has 2 saturated heterocycles. The monoisotopic (exact) mass is 680 g/mol. The number of hydrogen-bond acceptors (Lipinski definition) is 8. The first-order chi connectivity index (χ1) is 23.2. The first kappa shape index (κ1) is 36.7. The van der Waals surface area contributed by atoms with E-state index >= 15 is 0 Å². The van der Waals surface area contributed by atoms with Crippen molar-refractivity contribution in [3.05, 3.63) is 65.0 Å². The van der Waals surface area contributed by atoms with Crippen LogP contribution in [0.5, 0.6) is 0 Å². The number of fused-ring (bicyclic) bond motifs is 1. The molecule has 1 unspecified atom stereocenters. The first-order valence-corrected chi connectivity index (χ1v) is 17.4. The molecule has 0 spiro atoms. The standard InChI is InChI=1S/C37H53FN6O5/c1-25-19-42(30(20-41-15-16-48-23-26(41)2)21-43(25)35(47)49-36(3,4)5)22-33(45)44-24-37(6,34(46)40-14-13-39)31-12-9-28(18-32(31)44)17-27-7-10-29(38)11-8-27/h7-12,18,25-26,30H,13-17,19-24,39H2,1-6H3,(H,40,46)/t25-,26-,30+,37?/m1/s1. The van der Waals surface area contributed by atoms with Crippen LogP contribution in [-0.2, 0) is 30.9 Å².